The molecule has 0 unspecified atom stereocenters. The zero-order valence-corrected chi connectivity index (χ0v) is 19.0. The number of esters is 1. The molecule has 0 aliphatic heterocycles. The Morgan fingerprint density at radius 1 is 0.938 bits per heavy atom. The van der Waals surface area contributed by atoms with Crippen LogP contribution in [0.25, 0.3) is 0 Å². The molecule has 0 aliphatic carbocycles. The van der Waals surface area contributed by atoms with Crippen molar-refractivity contribution in [3.05, 3.63) is 95.6 Å². The van der Waals surface area contributed by atoms with E-state index in [2.05, 4.69) is 5.32 Å². The first kappa shape index (κ1) is 23.5. The summed E-state index contributed by atoms with van der Waals surface area (Å²) in [5.74, 6) is -0.171. The predicted octanol–water partition coefficient (Wildman–Crippen LogP) is 4.03. The fourth-order valence-electron chi connectivity index (χ4n) is 3.16. The molecule has 0 amide bonds. The van der Waals surface area contributed by atoms with Crippen LogP contribution in [0.2, 0.25) is 0 Å². The van der Waals surface area contributed by atoms with Crippen molar-refractivity contribution < 1.29 is 22.1 Å². The molecule has 0 saturated heterocycles. The topological polar surface area (TPSA) is 81.7 Å². The maximum Gasteiger partial charge on any atom is 0.339 e. The van der Waals surface area contributed by atoms with Gasteiger partial charge in [0, 0.05) is 6.54 Å². The molecule has 1 N–H and O–H groups in total. The van der Waals surface area contributed by atoms with E-state index in [0.717, 1.165) is 16.7 Å². The zero-order valence-electron chi connectivity index (χ0n) is 18.2. The summed E-state index contributed by atoms with van der Waals surface area (Å²) in [6.07, 6.45) is 0.327. The van der Waals surface area contributed by atoms with Gasteiger partial charge < -0.3 is 14.2 Å². The van der Waals surface area contributed by atoms with Gasteiger partial charge in [0.25, 0.3) is 0 Å². The van der Waals surface area contributed by atoms with Crippen LogP contribution in [0, 0.1) is 6.92 Å². The lowest BCUT2D eigenvalue weighted by molar-refractivity contribution is -0.145. The third kappa shape index (κ3) is 6.67. The monoisotopic (exact) mass is 453 g/mol. The third-order valence-electron chi connectivity index (χ3n) is 4.82. The second-order valence-electron chi connectivity index (χ2n) is 7.37. The first-order chi connectivity index (χ1) is 15.4. The molecule has 7 heteroatoms. The van der Waals surface area contributed by atoms with Crippen LogP contribution in [0.4, 0.5) is 0 Å². The highest BCUT2D eigenvalue weighted by Gasteiger charge is 2.21. The molecular formula is C25H27NO5S. The van der Waals surface area contributed by atoms with Gasteiger partial charge in [-0.05, 0) is 55.7 Å². The van der Waals surface area contributed by atoms with Crippen LogP contribution in [-0.4, -0.2) is 27.0 Å². The van der Waals surface area contributed by atoms with E-state index in [4.69, 9.17) is 8.92 Å². The lowest BCUT2D eigenvalue weighted by Crippen LogP contribution is -2.39. The molecule has 3 rings (SSSR count). The molecule has 6 nitrogen and oxygen atoms in total. The van der Waals surface area contributed by atoms with Crippen LogP contribution in [0.3, 0.4) is 0 Å². The molecule has 3 aromatic carbocycles. The lowest BCUT2D eigenvalue weighted by Gasteiger charge is -2.18. The van der Waals surface area contributed by atoms with Gasteiger partial charge in [-0.15, -0.1) is 0 Å². The molecule has 0 spiro atoms. The lowest BCUT2D eigenvalue weighted by atomic mass is 10.1. The van der Waals surface area contributed by atoms with Crippen LogP contribution in [-0.2, 0) is 32.6 Å². The standard InChI is InChI=1S/C25H27NO5S/c1-3-30-25(27)24(26-18-20-8-5-4-6-9-20)17-21-10-7-11-22(16-21)31-32(28,29)23-14-12-19(2)13-15-23/h4-16,24,26H,3,17-18H2,1-2H3/t24-/m0/s1. The largest absolute Gasteiger partial charge is 0.465 e. The Morgan fingerprint density at radius 2 is 1.62 bits per heavy atom. The minimum Gasteiger partial charge on any atom is -0.465 e. The summed E-state index contributed by atoms with van der Waals surface area (Å²) in [4.78, 5) is 12.6. The normalized spacial score (nSPS) is 12.2. The number of aryl methyl sites for hydroxylation is 1. The van der Waals surface area contributed by atoms with Crippen molar-refractivity contribution in [1.29, 1.82) is 0 Å². The predicted molar refractivity (Wildman–Crippen MR) is 123 cm³/mol. The molecule has 168 valence electrons. The van der Waals surface area contributed by atoms with Crippen molar-refractivity contribution in [3.8, 4) is 5.75 Å². The van der Waals surface area contributed by atoms with Gasteiger partial charge in [-0.1, -0.05) is 60.2 Å². The van der Waals surface area contributed by atoms with Gasteiger partial charge in [-0.2, -0.15) is 8.42 Å². The third-order valence-corrected chi connectivity index (χ3v) is 6.08. The Labute approximate surface area is 189 Å². The van der Waals surface area contributed by atoms with Crippen LogP contribution >= 0.6 is 0 Å². The highest BCUT2D eigenvalue weighted by molar-refractivity contribution is 7.87. The molecular weight excluding hydrogens is 426 g/mol. The molecule has 0 aliphatic rings. The van der Waals surface area contributed by atoms with Gasteiger partial charge in [0.05, 0.1) is 6.61 Å². The Bertz CT molecular complexity index is 1130. The number of hydrogen-bond acceptors (Lipinski definition) is 6. The van der Waals surface area contributed by atoms with Crippen LogP contribution < -0.4 is 9.50 Å². The molecule has 32 heavy (non-hydrogen) atoms. The summed E-state index contributed by atoms with van der Waals surface area (Å²) in [5.41, 5.74) is 2.75. The van der Waals surface area contributed by atoms with E-state index in [-0.39, 0.29) is 23.2 Å². The number of nitrogens with one attached hydrogen (secondary N) is 1. The van der Waals surface area contributed by atoms with Crippen molar-refractivity contribution in [2.75, 3.05) is 6.61 Å². The van der Waals surface area contributed by atoms with E-state index in [9.17, 15) is 13.2 Å². The van der Waals surface area contributed by atoms with Gasteiger partial charge in [0.15, 0.2) is 0 Å². The van der Waals surface area contributed by atoms with Crippen molar-refractivity contribution in [2.45, 2.75) is 37.8 Å². The SMILES string of the molecule is CCOC(=O)[C@H](Cc1cccc(OS(=O)(=O)c2ccc(C)cc2)c1)NCc1ccccc1. The smallest absolute Gasteiger partial charge is 0.339 e. The maximum absolute atomic E-state index is 12.6. The highest BCUT2D eigenvalue weighted by Crippen LogP contribution is 2.21. The summed E-state index contributed by atoms with van der Waals surface area (Å²) < 4.78 is 35.7. The van der Waals surface area contributed by atoms with Gasteiger partial charge in [-0.3, -0.25) is 4.79 Å². The van der Waals surface area contributed by atoms with E-state index in [0.29, 0.717) is 13.0 Å². The number of ether oxygens (including phenoxy) is 1. The average Bonchev–Trinajstić information content (AvgIpc) is 2.77. The van der Waals surface area contributed by atoms with Crippen molar-refractivity contribution in [2.24, 2.45) is 0 Å². The Morgan fingerprint density at radius 3 is 2.31 bits per heavy atom. The molecule has 0 bridgehead atoms. The summed E-state index contributed by atoms with van der Waals surface area (Å²) >= 11 is 0. The first-order valence-electron chi connectivity index (χ1n) is 10.4. The Hall–Kier alpha value is -3.16. The second kappa shape index (κ2) is 10.9. The maximum atomic E-state index is 12.6. The second-order valence-corrected chi connectivity index (χ2v) is 8.92. The highest BCUT2D eigenvalue weighted by atomic mass is 32.2. The molecule has 1 atom stereocenters. The fraction of sp³-hybridized carbons (Fsp3) is 0.240. The van der Waals surface area contributed by atoms with Crippen molar-refractivity contribution in [1.82, 2.24) is 5.32 Å². The van der Waals surface area contributed by atoms with Crippen molar-refractivity contribution >= 4 is 16.1 Å². The minimum absolute atomic E-state index is 0.0856. The Kier molecular flexibility index (Phi) is 8.03. The number of rotatable bonds is 10. The molecule has 0 heterocycles. The fourth-order valence-corrected chi connectivity index (χ4v) is 4.08. The number of hydrogen-bond donors (Lipinski definition) is 1. The molecule has 0 fully saturated rings. The van der Waals surface area contributed by atoms with Gasteiger partial charge >= 0.3 is 16.1 Å². The zero-order chi connectivity index (χ0) is 23.0. The average molecular weight is 454 g/mol. The van der Waals surface area contributed by atoms with Crippen molar-refractivity contribution in [3.63, 3.8) is 0 Å². The van der Waals surface area contributed by atoms with E-state index < -0.39 is 16.2 Å². The molecule has 0 aromatic heterocycles. The summed E-state index contributed by atoms with van der Waals surface area (Å²) in [6, 6.07) is 22.4. The summed E-state index contributed by atoms with van der Waals surface area (Å²) in [7, 11) is -3.95. The molecule has 3 aromatic rings. The summed E-state index contributed by atoms with van der Waals surface area (Å²) in [5, 5.41) is 3.23. The minimum atomic E-state index is -3.95. The van der Waals surface area contributed by atoms with Gasteiger partial charge in [-0.25, -0.2) is 0 Å². The van der Waals surface area contributed by atoms with Gasteiger partial charge in [0.1, 0.15) is 16.7 Å². The molecule has 0 radical (unpaired) electrons. The van der Waals surface area contributed by atoms with Crippen LogP contribution in [0.5, 0.6) is 5.75 Å². The number of carbonyl (C=O) groups is 1. The first-order valence-corrected chi connectivity index (χ1v) is 11.8. The molecule has 0 saturated carbocycles. The summed E-state index contributed by atoms with van der Waals surface area (Å²) in [6.45, 7) is 4.42. The Balaban J connectivity index is 1.73. The van der Waals surface area contributed by atoms with Gasteiger partial charge in [0.2, 0.25) is 0 Å². The van der Waals surface area contributed by atoms with E-state index >= 15 is 0 Å². The van der Waals surface area contributed by atoms with Crippen LogP contribution in [0.15, 0.2) is 83.8 Å². The van der Waals surface area contributed by atoms with E-state index in [1.165, 1.54) is 12.1 Å². The van der Waals surface area contributed by atoms with E-state index in [1.807, 2.05) is 43.3 Å². The number of benzene rings is 3. The quantitative estimate of drug-likeness (QED) is 0.369. The van der Waals surface area contributed by atoms with Crippen LogP contribution in [0.1, 0.15) is 23.6 Å². The van der Waals surface area contributed by atoms with E-state index in [1.54, 1.807) is 37.3 Å². The number of carbonyl (C=O) groups excluding carboxylic acids is 1.